The van der Waals surface area contributed by atoms with E-state index in [1.807, 2.05) is 19.1 Å². The first-order valence-electron chi connectivity index (χ1n) is 5.92. The Hall–Kier alpha value is -1.08. The first-order valence-corrected chi connectivity index (χ1v) is 7.86. The molecule has 0 aliphatic carbocycles. The molecule has 0 amide bonds. The van der Waals surface area contributed by atoms with Crippen molar-refractivity contribution >= 4 is 8.80 Å². The normalized spacial score (nSPS) is 11.5. The van der Waals surface area contributed by atoms with Gasteiger partial charge in [0.1, 0.15) is 11.5 Å². The van der Waals surface area contributed by atoms with Gasteiger partial charge in [-0.05, 0) is 24.6 Å². The highest BCUT2D eigenvalue weighted by Crippen LogP contribution is 2.30. The molecule has 108 valence electrons. The molecule has 0 unspecified atom stereocenters. The Balaban J connectivity index is 3.17. The fourth-order valence-electron chi connectivity index (χ4n) is 1.95. The maximum atomic E-state index is 5.44. The lowest BCUT2D eigenvalue weighted by Crippen LogP contribution is -2.45. The van der Waals surface area contributed by atoms with Gasteiger partial charge in [-0.2, -0.15) is 0 Å². The number of hydrogen-bond acceptors (Lipinski definition) is 5. The van der Waals surface area contributed by atoms with E-state index >= 15 is 0 Å². The molecular weight excluding hydrogens is 264 g/mol. The second kappa shape index (κ2) is 6.90. The van der Waals surface area contributed by atoms with Crippen molar-refractivity contribution in [2.24, 2.45) is 0 Å². The third-order valence-electron chi connectivity index (χ3n) is 3.14. The number of aryl methyl sites for hydroxylation is 1. The number of hydrogen-bond donors (Lipinski definition) is 0. The summed E-state index contributed by atoms with van der Waals surface area (Å²) in [5.41, 5.74) is 1.96. The zero-order chi connectivity index (χ0) is 14.5. The molecule has 0 spiro atoms. The summed E-state index contributed by atoms with van der Waals surface area (Å²) in [5.74, 6) is 1.59. The van der Waals surface area contributed by atoms with E-state index in [1.54, 1.807) is 35.5 Å². The van der Waals surface area contributed by atoms with Crippen molar-refractivity contribution in [2.45, 2.75) is 13.0 Å². The average molecular weight is 286 g/mol. The molecule has 0 aliphatic heterocycles. The molecule has 1 aromatic carbocycles. The topological polar surface area (TPSA) is 46.2 Å². The minimum atomic E-state index is -2.69. The van der Waals surface area contributed by atoms with Crippen LogP contribution in [0.15, 0.2) is 12.1 Å². The summed E-state index contributed by atoms with van der Waals surface area (Å²) in [5, 5.41) is 0. The van der Waals surface area contributed by atoms with Crippen LogP contribution < -0.4 is 9.47 Å². The molecule has 0 radical (unpaired) electrons. The van der Waals surface area contributed by atoms with Crippen LogP contribution >= 0.6 is 0 Å². The minimum Gasteiger partial charge on any atom is -0.496 e. The van der Waals surface area contributed by atoms with Gasteiger partial charge in [-0.3, -0.25) is 0 Å². The van der Waals surface area contributed by atoms with Gasteiger partial charge in [0.2, 0.25) is 0 Å². The molecular formula is C13H22O5Si. The lowest BCUT2D eigenvalue weighted by atomic mass is 10.1. The summed E-state index contributed by atoms with van der Waals surface area (Å²) < 4.78 is 27.1. The highest BCUT2D eigenvalue weighted by molar-refractivity contribution is 6.60. The average Bonchev–Trinajstić information content (AvgIpc) is 2.46. The Labute approximate surface area is 115 Å². The number of methoxy groups -OCH3 is 2. The highest BCUT2D eigenvalue weighted by Gasteiger charge is 2.39. The Kier molecular flexibility index (Phi) is 5.80. The minimum absolute atomic E-state index is 0.524. The van der Waals surface area contributed by atoms with Gasteiger partial charge in [0.05, 0.1) is 14.2 Å². The Morgan fingerprint density at radius 2 is 1.37 bits per heavy atom. The largest absolute Gasteiger partial charge is 0.504 e. The van der Waals surface area contributed by atoms with Gasteiger partial charge >= 0.3 is 8.80 Å². The van der Waals surface area contributed by atoms with Crippen molar-refractivity contribution in [3.05, 3.63) is 23.3 Å². The predicted octanol–water partition coefficient (Wildman–Crippen LogP) is 1.97. The zero-order valence-electron chi connectivity index (χ0n) is 12.4. The molecule has 19 heavy (non-hydrogen) atoms. The fourth-order valence-corrected chi connectivity index (χ4v) is 3.63. The van der Waals surface area contributed by atoms with E-state index in [0.717, 1.165) is 22.6 Å². The first kappa shape index (κ1) is 16.0. The van der Waals surface area contributed by atoms with Crippen LogP contribution in [-0.4, -0.2) is 44.4 Å². The molecule has 0 heterocycles. The molecule has 6 heteroatoms. The number of benzene rings is 1. The van der Waals surface area contributed by atoms with Crippen LogP contribution in [0.5, 0.6) is 11.5 Å². The van der Waals surface area contributed by atoms with Gasteiger partial charge in [0.25, 0.3) is 0 Å². The van der Waals surface area contributed by atoms with Gasteiger partial charge in [-0.15, -0.1) is 0 Å². The van der Waals surface area contributed by atoms with Crippen molar-refractivity contribution in [1.82, 2.24) is 0 Å². The van der Waals surface area contributed by atoms with Crippen LogP contribution in [-0.2, 0) is 19.3 Å². The SMILES string of the molecule is COc1cc(C[Si](OC)(OC)OC)c(OC)cc1C. The third kappa shape index (κ3) is 3.47. The smallest absolute Gasteiger partial charge is 0.496 e. The van der Waals surface area contributed by atoms with Gasteiger partial charge in [0.15, 0.2) is 0 Å². The van der Waals surface area contributed by atoms with Crippen molar-refractivity contribution < 1.29 is 22.8 Å². The molecule has 0 saturated carbocycles. The van der Waals surface area contributed by atoms with Gasteiger partial charge < -0.3 is 22.8 Å². The lowest BCUT2D eigenvalue weighted by Gasteiger charge is -2.25. The highest BCUT2D eigenvalue weighted by atomic mass is 28.4. The maximum Gasteiger partial charge on any atom is 0.504 e. The quantitative estimate of drug-likeness (QED) is 0.717. The summed E-state index contributed by atoms with van der Waals surface area (Å²) in [4.78, 5) is 0. The van der Waals surface area contributed by atoms with Crippen LogP contribution in [0.2, 0.25) is 0 Å². The summed E-state index contributed by atoms with van der Waals surface area (Å²) >= 11 is 0. The van der Waals surface area contributed by atoms with Crippen molar-refractivity contribution in [2.75, 3.05) is 35.5 Å². The van der Waals surface area contributed by atoms with E-state index in [1.165, 1.54) is 0 Å². The molecule has 1 rings (SSSR count). The standard InChI is InChI=1S/C13H22O5Si/c1-10-7-13(15-3)11(8-12(10)14-2)9-19(16-4,17-5)18-6/h7-8H,9H2,1-6H3. The first-order chi connectivity index (χ1) is 9.05. The Morgan fingerprint density at radius 3 is 1.79 bits per heavy atom. The molecule has 5 nitrogen and oxygen atoms in total. The van der Waals surface area contributed by atoms with E-state index in [0.29, 0.717) is 6.04 Å². The van der Waals surface area contributed by atoms with Crippen molar-refractivity contribution in [3.8, 4) is 11.5 Å². The molecule has 0 atom stereocenters. The zero-order valence-corrected chi connectivity index (χ0v) is 13.4. The molecule has 0 aromatic heterocycles. The van der Waals surface area contributed by atoms with Crippen LogP contribution in [0.3, 0.4) is 0 Å². The summed E-state index contributed by atoms with van der Waals surface area (Å²) in [6, 6.07) is 4.40. The number of rotatable bonds is 7. The van der Waals surface area contributed by atoms with E-state index < -0.39 is 8.80 Å². The van der Waals surface area contributed by atoms with E-state index in [2.05, 4.69) is 0 Å². The molecule has 0 saturated heterocycles. The maximum absolute atomic E-state index is 5.44. The van der Waals surface area contributed by atoms with Crippen LogP contribution in [0.1, 0.15) is 11.1 Å². The molecule has 1 aromatic rings. The summed E-state index contributed by atoms with van der Waals surface area (Å²) in [7, 11) is 5.37. The van der Waals surface area contributed by atoms with Crippen LogP contribution in [0, 0.1) is 6.92 Å². The van der Waals surface area contributed by atoms with E-state index in [-0.39, 0.29) is 0 Å². The Bertz CT molecular complexity index is 409. The summed E-state index contributed by atoms with van der Waals surface area (Å²) in [6.45, 7) is 1.97. The van der Waals surface area contributed by atoms with Gasteiger partial charge in [-0.1, -0.05) is 0 Å². The van der Waals surface area contributed by atoms with Crippen LogP contribution in [0.4, 0.5) is 0 Å². The van der Waals surface area contributed by atoms with Gasteiger partial charge in [0, 0.05) is 32.9 Å². The van der Waals surface area contributed by atoms with Gasteiger partial charge in [-0.25, -0.2) is 0 Å². The fraction of sp³-hybridized carbons (Fsp3) is 0.538. The van der Waals surface area contributed by atoms with Crippen molar-refractivity contribution in [3.63, 3.8) is 0 Å². The molecule has 0 fully saturated rings. The predicted molar refractivity (Wildman–Crippen MR) is 74.8 cm³/mol. The third-order valence-corrected chi connectivity index (χ3v) is 5.82. The number of ether oxygens (including phenoxy) is 2. The molecule has 0 N–H and O–H groups in total. The second-order valence-corrected chi connectivity index (χ2v) is 7.05. The Morgan fingerprint density at radius 1 is 0.842 bits per heavy atom. The molecule has 0 bridgehead atoms. The van der Waals surface area contributed by atoms with Crippen molar-refractivity contribution in [1.29, 1.82) is 0 Å². The van der Waals surface area contributed by atoms with E-state index in [9.17, 15) is 0 Å². The van der Waals surface area contributed by atoms with E-state index in [4.69, 9.17) is 22.8 Å². The monoisotopic (exact) mass is 286 g/mol. The lowest BCUT2D eigenvalue weighted by molar-refractivity contribution is 0.122. The summed E-state index contributed by atoms with van der Waals surface area (Å²) in [6.07, 6.45) is 0. The van der Waals surface area contributed by atoms with Crippen LogP contribution in [0.25, 0.3) is 0 Å². The molecule has 0 aliphatic rings. The second-order valence-electron chi connectivity index (χ2n) is 4.11.